The number of carbonyl (C=O) groups excluding carboxylic acids is 1. The van der Waals surface area contributed by atoms with Crippen molar-refractivity contribution in [1.29, 1.82) is 0 Å². The van der Waals surface area contributed by atoms with E-state index in [0.717, 1.165) is 28.3 Å². The fourth-order valence-corrected chi connectivity index (χ4v) is 5.09. The van der Waals surface area contributed by atoms with Gasteiger partial charge in [-0.15, -0.1) is 0 Å². The second-order valence-electron chi connectivity index (χ2n) is 7.58. The third kappa shape index (κ3) is 2.39. The minimum atomic E-state index is 0.114. The fraction of sp³-hybridized carbons (Fsp3) is 0.304. The van der Waals surface area contributed by atoms with Crippen molar-refractivity contribution in [2.45, 2.75) is 31.6 Å². The second-order valence-corrected chi connectivity index (χ2v) is 7.58. The normalized spacial score (nSPS) is 24.7. The Morgan fingerprint density at radius 1 is 0.880 bits per heavy atom. The number of benzene rings is 2. The van der Waals surface area contributed by atoms with E-state index >= 15 is 0 Å². The van der Waals surface area contributed by atoms with Gasteiger partial charge in [0, 0.05) is 22.7 Å². The van der Waals surface area contributed by atoms with E-state index in [9.17, 15) is 4.79 Å². The molecule has 0 aliphatic heterocycles. The van der Waals surface area contributed by atoms with Crippen LogP contribution in [0.3, 0.4) is 0 Å². The summed E-state index contributed by atoms with van der Waals surface area (Å²) in [5.74, 6) is 2.31. The van der Waals surface area contributed by atoms with E-state index in [0.29, 0.717) is 11.5 Å². The van der Waals surface area contributed by atoms with Crippen LogP contribution in [0.4, 0.5) is 0 Å². The molecule has 2 aromatic carbocycles. The highest BCUT2D eigenvalue weighted by atomic mass is 16.1. The number of carbonyl (C=O) groups is 1. The van der Waals surface area contributed by atoms with Gasteiger partial charge in [-0.2, -0.15) is 0 Å². The fourth-order valence-electron chi connectivity index (χ4n) is 5.09. The van der Waals surface area contributed by atoms with E-state index < -0.39 is 0 Å². The second kappa shape index (κ2) is 5.80. The summed E-state index contributed by atoms with van der Waals surface area (Å²) in [7, 11) is 0. The van der Waals surface area contributed by atoms with E-state index in [4.69, 9.17) is 0 Å². The van der Waals surface area contributed by atoms with Gasteiger partial charge in [0.2, 0.25) is 0 Å². The first-order valence-corrected chi connectivity index (χ1v) is 9.28. The predicted molar refractivity (Wildman–Crippen MR) is 99.8 cm³/mol. The molecule has 25 heavy (non-hydrogen) atoms. The zero-order valence-electron chi connectivity index (χ0n) is 14.2. The van der Waals surface area contributed by atoms with E-state index in [1.165, 1.54) is 31.2 Å². The van der Waals surface area contributed by atoms with Crippen LogP contribution < -0.4 is 0 Å². The molecular formula is C23H21NO. The molecule has 1 heterocycles. The number of nitrogens with zero attached hydrogens (tertiary/aromatic N) is 1. The molecular weight excluding hydrogens is 306 g/mol. The molecule has 3 aromatic rings. The molecule has 2 aliphatic rings. The van der Waals surface area contributed by atoms with Crippen molar-refractivity contribution in [1.82, 2.24) is 4.98 Å². The van der Waals surface area contributed by atoms with Gasteiger partial charge < -0.3 is 0 Å². The SMILES string of the molecule is O=C(c1ccccc1[C@H]1C[C@@H]2CC[C@H]1C2)c1cccc2cccnc12. The van der Waals surface area contributed by atoms with Crippen LogP contribution >= 0.6 is 0 Å². The number of ketones is 1. The molecule has 0 unspecified atom stereocenters. The lowest BCUT2D eigenvalue weighted by Gasteiger charge is -2.24. The van der Waals surface area contributed by atoms with Crippen LogP contribution in [-0.4, -0.2) is 10.8 Å². The van der Waals surface area contributed by atoms with Crippen LogP contribution in [0.25, 0.3) is 10.9 Å². The average molecular weight is 327 g/mol. The van der Waals surface area contributed by atoms with Gasteiger partial charge in [-0.05, 0) is 54.7 Å². The Morgan fingerprint density at radius 3 is 2.56 bits per heavy atom. The minimum absolute atomic E-state index is 0.114. The number of rotatable bonds is 3. The van der Waals surface area contributed by atoms with Crippen LogP contribution in [0.2, 0.25) is 0 Å². The monoisotopic (exact) mass is 327 g/mol. The van der Waals surface area contributed by atoms with E-state index in [1.807, 2.05) is 42.5 Å². The Kier molecular flexibility index (Phi) is 3.44. The standard InChI is InChI=1S/C23H21NO/c25-23(20-9-3-5-16-6-4-12-24-22(16)20)19-8-2-1-7-18(19)21-14-15-10-11-17(21)13-15/h1-9,12,15,17,21H,10-11,13-14H2/t15-,17+,21+/m1/s1. The van der Waals surface area contributed by atoms with Crippen LogP contribution in [0, 0.1) is 11.8 Å². The van der Waals surface area contributed by atoms with Gasteiger partial charge in [0.1, 0.15) is 0 Å². The summed E-state index contributed by atoms with van der Waals surface area (Å²) in [5.41, 5.74) is 3.65. The number of aromatic nitrogens is 1. The molecule has 2 saturated carbocycles. The van der Waals surface area contributed by atoms with Gasteiger partial charge in [0.05, 0.1) is 5.52 Å². The van der Waals surface area contributed by atoms with Crippen LogP contribution in [0.15, 0.2) is 60.8 Å². The zero-order valence-corrected chi connectivity index (χ0v) is 14.2. The summed E-state index contributed by atoms with van der Waals surface area (Å²) in [4.78, 5) is 17.9. The van der Waals surface area contributed by atoms with Crippen LogP contribution in [0.1, 0.15) is 53.1 Å². The Labute approximate surface area is 147 Å². The highest BCUT2D eigenvalue weighted by Gasteiger charge is 2.41. The van der Waals surface area contributed by atoms with Crippen LogP contribution in [-0.2, 0) is 0 Å². The van der Waals surface area contributed by atoms with Gasteiger partial charge in [-0.25, -0.2) is 0 Å². The Morgan fingerprint density at radius 2 is 1.72 bits per heavy atom. The lowest BCUT2D eigenvalue weighted by molar-refractivity contribution is 0.103. The molecule has 0 radical (unpaired) electrons. The third-order valence-corrected chi connectivity index (χ3v) is 6.22. The van der Waals surface area contributed by atoms with Crippen molar-refractivity contribution < 1.29 is 4.79 Å². The van der Waals surface area contributed by atoms with Gasteiger partial charge >= 0.3 is 0 Å². The van der Waals surface area contributed by atoms with Crippen LogP contribution in [0.5, 0.6) is 0 Å². The van der Waals surface area contributed by atoms with Crippen molar-refractivity contribution in [2.24, 2.45) is 11.8 Å². The van der Waals surface area contributed by atoms with E-state index in [1.54, 1.807) is 6.20 Å². The number of para-hydroxylation sites is 1. The molecule has 2 aliphatic carbocycles. The number of hydrogen-bond donors (Lipinski definition) is 0. The Hall–Kier alpha value is -2.48. The van der Waals surface area contributed by atoms with Gasteiger partial charge in [0.25, 0.3) is 0 Å². The molecule has 2 nitrogen and oxygen atoms in total. The largest absolute Gasteiger partial charge is 0.289 e. The molecule has 2 bridgehead atoms. The maximum Gasteiger partial charge on any atom is 0.195 e. The molecule has 3 atom stereocenters. The van der Waals surface area contributed by atoms with Crippen molar-refractivity contribution in [3.05, 3.63) is 77.5 Å². The smallest absolute Gasteiger partial charge is 0.195 e. The highest BCUT2D eigenvalue weighted by Crippen LogP contribution is 2.53. The number of hydrogen-bond acceptors (Lipinski definition) is 2. The molecule has 1 aromatic heterocycles. The lowest BCUT2D eigenvalue weighted by Crippen LogP contribution is -2.14. The lowest BCUT2D eigenvalue weighted by atomic mass is 9.80. The zero-order chi connectivity index (χ0) is 16.8. The quantitative estimate of drug-likeness (QED) is 0.605. The first-order valence-electron chi connectivity index (χ1n) is 9.28. The molecule has 0 spiro atoms. The summed E-state index contributed by atoms with van der Waals surface area (Å²) >= 11 is 0. The maximum atomic E-state index is 13.4. The molecule has 5 rings (SSSR count). The summed E-state index contributed by atoms with van der Waals surface area (Å²) < 4.78 is 0. The summed E-state index contributed by atoms with van der Waals surface area (Å²) in [5, 5.41) is 1.02. The van der Waals surface area contributed by atoms with Crippen molar-refractivity contribution in [3.8, 4) is 0 Å². The topological polar surface area (TPSA) is 30.0 Å². The Bertz CT molecular complexity index is 956. The first kappa shape index (κ1) is 14.8. The predicted octanol–water partition coefficient (Wildman–Crippen LogP) is 5.37. The number of pyridine rings is 1. The van der Waals surface area contributed by atoms with Crippen molar-refractivity contribution in [2.75, 3.05) is 0 Å². The third-order valence-electron chi connectivity index (χ3n) is 6.22. The molecule has 0 saturated heterocycles. The summed E-state index contributed by atoms with van der Waals surface area (Å²) in [6.45, 7) is 0. The van der Waals surface area contributed by atoms with E-state index in [2.05, 4.69) is 17.1 Å². The first-order chi connectivity index (χ1) is 12.3. The minimum Gasteiger partial charge on any atom is -0.289 e. The Balaban J connectivity index is 1.60. The molecule has 2 fully saturated rings. The van der Waals surface area contributed by atoms with E-state index in [-0.39, 0.29) is 5.78 Å². The maximum absolute atomic E-state index is 13.4. The molecule has 124 valence electrons. The van der Waals surface area contributed by atoms with Gasteiger partial charge in [-0.1, -0.05) is 48.9 Å². The molecule has 0 N–H and O–H groups in total. The van der Waals surface area contributed by atoms with Gasteiger partial charge in [0.15, 0.2) is 5.78 Å². The highest BCUT2D eigenvalue weighted by molar-refractivity contribution is 6.16. The molecule has 0 amide bonds. The summed E-state index contributed by atoms with van der Waals surface area (Å²) in [6, 6.07) is 18.1. The number of fused-ring (bicyclic) bond motifs is 3. The van der Waals surface area contributed by atoms with Gasteiger partial charge in [-0.3, -0.25) is 9.78 Å². The molecule has 2 heteroatoms. The average Bonchev–Trinajstić information content (AvgIpc) is 3.30. The summed E-state index contributed by atoms with van der Waals surface area (Å²) in [6.07, 6.45) is 7.07. The van der Waals surface area contributed by atoms with Crippen molar-refractivity contribution >= 4 is 16.7 Å². The van der Waals surface area contributed by atoms with Crippen molar-refractivity contribution in [3.63, 3.8) is 0 Å².